The Labute approximate surface area is 221 Å². The van der Waals surface area contributed by atoms with Crippen LogP contribution >= 0.6 is 0 Å². The molecule has 2 aliphatic rings. The molecule has 0 amide bonds. The minimum Gasteiger partial charge on any atom is -0.474 e. The van der Waals surface area contributed by atoms with Gasteiger partial charge in [0.15, 0.2) is 0 Å². The highest BCUT2D eigenvalue weighted by molar-refractivity contribution is 5.51. The van der Waals surface area contributed by atoms with Crippen molar-refractivity contribution in [2.24, 2.45) is 0 Å². The van der Waals surface area contributed by atoms with Gasteiger partial charge in [0.2, 0.25) is 5.88 Å². The molecule has 0 atom stereocenters. The maximum atomic E-state index is 13.1. The zero-order valence-corrected chi connectivity index (χ0v) is 20.9. The standard InChI is InChI=1S/C27H27F6N5O/c28-26(29,30)19-4-6-21(7-5-19)37-12-14-38(15-13-37)24-17-25(35-18-34-24)39-23-8-10-36(11-9-23)22-3-1-2-20(16-22)27(31,32)33/h1-7,16-18,23H,8-15H2. The van der Waals surface area contributed by atoms with Crippen LogP contribution in [0.25, 0.3) is 0 Å². The van der Waals surface area contributed by atoms with Crippen molar-refractivity contribution in [3.63, 3.8) is 0 Å². The van der Waals surface area contributed by atoms with E-state index in [-0.39, 0.29) is 6.10 Å². The highest BCUT2D eigenvalue weighted by Crippen LogP contribution is 2.33. The number of rotatable bonds is 5. The van der Waals surface area contributed by atoms with Gasteiger partial charge in [-0.3, -0.25) is 0 Å². The number of alkyl halides is 6. The summed E-state index contributed by atoms with van der Waals surface area (Å²) in [5, 5.41) is 0. The number of hydrogen-bond donors (Lipinski definition) is 0. The Balaban J connectivity index is 1.13. The molecule has 2 saturated heterocycles. The lowest BCUT2D eigenvalue weighted by Crippen LogP contribution is -2.46. The molecule has 0 radical (unpaired) electrons. The fraction of sp³-hybridized carbons (Fsp3) is 0.407. The molecule has 3 aromatic rings. The fourth-order valence-electron chi connectivity index (χ4n) is 4.90. The van der Waals surface area contributed by atoms with Crippen molar-refractivity contribution in [2.45, 2.75) is 31.3 Å². The van der Waals surface area contributed by atoms with Crippen LogP contribution in [0.5, 0.6) is 5.88 Å². The number of anilines is 3. The Hall–Kier alpha value is -3.70. The molecule has 0 bridgehead atoms. The summed E-state index contributed by atoms with van der Waals surface area (Å²) in [6, 6.07) is 12.3. The van der Waals surface area contributed by atoms with E-state index in [9.17, 15) is 26.3 Å². The molecule has 5 rings (SSSR count). The summed E-state index contributed by atoms with van der Waals surface area (Å²) in [5.41, 5.74) is -0.0410. The molecule has 0 spiro atoms. The molecule has 0 unspecified atom stereocenters. The molecule has 0 N–H and O–H groups in total. The monoisotopic (exact) mass is 551 g/mol. The van der Waals surface area contributed by atoms with Gasteiger partial charge in [0, 0.05) is 69.6 Å². The Bertz CT molecular complexity index is 1250. The third-order valence-corrected chi connectivity index (χ3v) is 7.06. The first-order valence-electron chi connectivity index (χ1n) is 12.6. The van der Waals surface area contributed by atoms with Gasteiger partial charge in [0.1, 0.15) is 18.2 Å². The van der Waals surface area contributed by atoms with Crippen molar-refractivity contribution in [1.82, 2.24) is 9.97 Å². The van der Waals surface area contributed by atoms with E-state index in [1.807, 2.05) is 9.80 Å². The summed E-state index contributed by atoms with van der Waals surface area (Å²) in [7, 11) is 0. The molecule has 0 saturated carbocycles. The number of hydrogen-bond acceptors (Lipinski definition) is 6. The van der Waals surface area contributed by atoms with E-state index in [0.29, 0.717) is 69.5 Å². The van der Waals surface area contributed by atoms with E-state index in [1.165, 1.54) is 30.6 Å². The van der Waals surface area contributed by atoms with Gasteiger partial charge in [-0.25, -0.2) is 9.97 Å². The molecule has 0 aliphatic carbocycles. The van der Waals surface area contributed by atoms with Crippen LogP contribution in [0.2, 0.25) is 0 Å². The van der Waals surface area contributed by atoms with E-state index in [1.54, 1.807) is 12.1 Å². The molecule has 208 valence electrons. The fourth-order valence-corrected chi connectivity index (χ4v) is 4.90. The van der Waals surface area contributed by atoms with Gasteiger partial charge in [0.25, 0.3) is 0 Å². The first-order valence-corrected chi connectivity index (χ1v) is 12.6. The van der Waals surface area contributed by atoms with E-state index >= 15 is 0 Å². The van der Waals surface area contributed by atoms with Crippen molar-refractivity contribution in [1.29, 1.82) is 0 Å². The second-order valence-corrected chi connectivity index (χ2v) is 9.59. The Morgan fingerprint density at radius 2 is 1.26 bits per heavy atom. The van der Waals surface area contributed by atoms with E-state index in [2.05, 4.69) is 14.9 Å². The minimum absolute atomic E-state index is 0.119. The lowest BCUT2D eigenvalue weighted by atomic mass is 10.1. The third-order valence-electron chi connectivity index (χ3n) is 7.06. The van der Waals surface area contributed by atoms with Crippen LogP contribution in [-0.4, -0.2) is 55.3 Å². The number of benzene rings is 2. The minimum atomic E-state index is -4.38. The van der Waals surface area contributed by atoms with Crippen LogP contribution in [-0.2, 0) is 12.4 Å². The van der Waals surface area contributed by atoms with Crippen LogP contribution in [0, 0.1) is 0 Å². The Morgan fingerprint density at radius 3 is 1.90 bits per heavy atom. The van der Waals surface area contributed by atoms with Gasteiger partial charge in [-0.1, -0.05) is 6.07 Å². The number of halogens is 6. The van der Waals surface area contributed by atoms with Gasteiger partial charge in [-0.05, 0) is 42.5 Å². The molecule has 2 aliphatic heterocycles. The second-order valence-electron chi connectivity index (χ2n) is 9.59. The molecule has 2 fully saturated rings. The summed E-state index contributed by atoms with van der Waals surface area (Å²) < 4.78 is 83.8. The number of aromatic nitrogens is 2. The van der Waals surface area contributed by atoms with Crippen molar-refractivity contribution < 1.29 is 31.1 Å². The SMILES string of the molecule is FC(F)(F)c1ccc(N2CCN(c3cc(OC4CCN(c5cccc(C(F)(F)F)c5)CC4)ncn3)CC2)cc1. The topological polar surface area (TPSA) is 44.7 Å². The lowest BCUT2D eigenvalue weighted by molar-refractivity contribution is -0.138. The smallest absolute Gasteiger partial charge is 0.416 e. The number of ether oxygens (including phenoxy) is 1. The first-order chi connectivity index (χ1) is 18.6. The van der Waals surface area contributed by atoms with Crippen molar-refractivity contribution in [2.75, 3.05) is 54.0 Å². The highest BCUT2D eigenvalue weighted by Gasteiger charge is 2.32. The molecule has 1 aromatic heterocycles. The lowest BCUT2D eigenvalue weighted by Gasteiger charge is -2.37. The zero-order chi connectivity index (χ0) is 27.6. The van der Waals surface area contributed by atoms with E-state index in [4.69, 9.17) is 4.74 Å². The quantitative estimate of drug-likeness (QED) is 0.369. The summed E-state index contributed by atoms with van der Waals surface area (Å²) >= 11 is 0. The number of nitrogens with zero attached hydrogens (tertiary/aromatic N) is 5. The molecular formula is C27H27F6N5O. The van der Waals surface area contributed by atoms with Gasteiger partial charge >= 0.3 is 12.4 Å². The average Bonchev–Trinajstić information content (AvgIpc) is 2.93. The van der Waals surface area contributed by atoms with Crippen molar-refractivity contribution >= 4 is 17.2 Å². The van der Waals surface area contributed by atoms with E-state index < -0.39 is 23.5 Å². The second kappa shape index (κ2) is 10.8. The predicted octanol–water partition coefficient (Wildman–Crippen LogP) is 5.89. The van der Waals surface area contributed by atoms with Crippen molar-refractivity contribution in [3.8, 4) is 5.88 Å². The molecule has 3 heterocycles. The highest BCUT2D eigenvalue weighted by atomic mass is 19.4. The third kappa shape index (κ3) is 6.48. The molecule has 2 aromatic carbocycles. The van der Waals surface area contributed by atoms with E-state index in [0.717, 1.165) is 23.9 Å². The number of piperidine rings is 1. The molecule has 6 nitrogen and oxygen atoms in total. The predicted molar refractivity (Wildman–Crippen MR) is 135 cm³/mol. The molecule has 39 heavy (non-hydrogen) atoms. The summed E-state index contributed by atoms with van der Waals surface area (Å²) in [4.78, 5) is 14.6. The van der Waals surface area contributed by atoms with Gasteiger partial charge < -0.3 is 19.4 Å². The van der Waals surface area contributed by atoms with Crippen molar-refractivity contribution in [3.05, 3.63) is 72.1 Å². The van der Waals surface area contributed by atoms with Gasteiger partial charge in [0.05, 0.1) is 11.1 Å². The van der Waals surface area contributed by atoms with Gasteiger partial charge in [-0.15, -0.1) is 0 Å². The largest absolute Gasteiger partial charge is 0.474 e. The average molecular weight is 552 g/mol. The maximum Gasteiger partial charge on any atom is 0.416 e. The Morgan fingerprint density at radius 1 is 0.641 bits per heavy atom. The van der Waals surface area contributed by atoms with Gasteiger partial charge in [-0.2, -0.15) is 26.3 Å². The zero-order valence-electron chi connectivity index (χ0n) is 20.9. The van der Waals surface area contributed by atoms with Crippen LogP contribution in [0.15, 0.2) is 60.9 Å². The summed E-state index contributed by atoms with van der Waals surface area (Å²) in [6.45, 7) is 3.64. The van der Waals surface area contributed by atoms with Crippen LogP contribution in [0.3, 0.4) is 0 Å². The summed E-state index contributed by atoms with van der Waals surface area (Å²) in [5.74, 6) is 1.14. The molecular weight excluding hydrogens is 524 g/mol. The first kappa shape index (κ1) is 26.9. The Kier molecular flexibility index (Phi) is 7.46. The summed E-state index contributed by atoms with van der Waals surface area (Å²) in [6.07, 6.45) is -6.14. The maximum absolute atomic E-state index is 13.1. The van der Waals surface area contributed by atoms with Crippen LogP contribution < -0.4 is 19.4 Å². The normalized spacial score (nSPS) is 17.4. The van der Waals surface area contributed by atoms with Crippen LogP contribution in [0.1, 0.15) is 24.0 Å². The molecule has 12 heteroatoms. The van der Waals surface area contributed by atoms with Crippen LogP contribution in [0.4, 0.5) is 43.5 Å². The number of piperazine rings is 1.